The van der Waals surface area contributed by atoms with Crippen molar-refractivity contribution in [3.05, 3.63) is 72.2 Å². The SMILES string of the molecule is CS(=O)(=O)Cc1ccc(-c2nc3nccc(C(=O)Nc4cccnc4)c3[nH]2)cc1. The van der Waals surface area contributed by atoms with Crippen LogP contribution >= 0.6 is 0 Å². The zero-order valence-corrected chi connectivity index (χ0v) is 16.3. The first-order valence-corrected chi connectivity index (χ1v) is 10.8. The Hall–Kier alpha value is -3.59. The lowest BCUT2D eigenvalue weighted by Gasteiger charge is -2.05. The molecular formula is C20H17N5O3S. The van der Waals surface area contributed by atoms with E-state index in [0.717, 1.165) is 5.56 Å². The van der Waals surface area contributed by atoms with Crippen molar-refractivity contribution in [3.63, 3.8) is 0 Å². The zero-order chi connectivity index (χ0) is 20.4. The molecule has 0 radical (unpaired) electrons. The van der Waals surface area contributed by atoms with Crippen molar-refractivity contribution in [2.75, 3.05) is 11.6 Å². The summed E-state index contributed by atoms with van der Waals surface area (Å²) in [5.41, 5.74) is 3.39. The van der Waals surface area contributed by atoms with Gasteiger partial charge in [-0.3, -0.25) is 9.78 Å². The molecule has 0 fully saturated rings. The van der Waals surface area contributed by atoms with E-state index in [-0.39, 0.29) is 11.7 Å². The smallest absolute Gasteiger partial charge is 0.258 e. The third kappa shape index (κ3) is 4.30. The van der Waals surface area contributed by atoms with Gasteiger partial charge in [0.05, 0.1) is 28.7 Å². The lowest BCUT2D eigenvalue weighted by molar-refractivity contribution is 0.102. The summed E-state index contributed by atoms with van der Waals surface area (Å²) in [6.45, 7) is 0. The molecule has 0 aliphatic carbocycles. The molecule has 0 unspecified atom stereocenters. The number of nitrogens with zero attached hydrogens (tertiary/aromatic N) is 3. The molecule has 1 amide bonds. The summed E-state index contributed by atoms with van der Waals surface area (Å²) in [6.07, 6.45) is 5.92. The Bertz CT molecular complexity index is 1280. The van der Waals surface area contributed by atoms with Crippen LogP contribution in [0.1, 0.15) is 15.9 Å². The second kappa shape index (κ2) is 7.44. The molecular weight excluding hydrogens is 390 g/mol. The Morgan fingerprint density at radius 1 is 1.10 bits per heavy atom. The Morgan fingerprint density at radius 3 is 2.59 bits per heavy atom. The molecule has 3 heterocycles. The Kier molecular flexibility index (Phi) is 4.81. The number of pyridine rings is 2. The summed E-state index contributed by atoms with van der Waals surface area (Å²) < 4.78 is 22.9. The fourth-order valence-electron chi connectivity index (χ4n) is 2.93. The normalized spacial score (nSPS) is 11.5. The summed E-state index contributed by atoms with van der Waals surface area (Å²) in [6, 6.07) is 12.2. The Morgan fingerprint density at radius 2 is 1.90 bits per heavy atom. The number of aromatic amines is 1. The van der Waals surface area contributed by atoms with Gasteiger partial charge in [-0.05, 0) is 23.8 Å². The van der Waals surface area contributed by atoms with Crippen LogP contribution in [0.15, 0.2) is 61.1 Å². The largest absolute Gasteiger partial charge is 0.336 e. The fraction of sp³-hybridized carbons (Fsp3) is 0.100. The average Bonchev–Trinajstić information content (AvgIpc) is 3.12. The molecule has 0 saturated carbocycles. The van der Waals surface area contributed by atoms with Gasteiger partial charge in [-0.15, -0.1) is 0 Å². The number of benzene rings is 1. The summed E-state index contributed by atoms with van der Waals surface area (Å²) in [7, 11) is -3.10. The monoisotopic (exact) mass is 407 g/mol. The van der Waals surface area contributed by atoms with E-state index in [0.29, 0.717) is 33.8 Å². The lowest BCUT2D eigenvalue weighted by Crippen LogP contribution is -2.12. The van der Waals surface area contributed by atoms with Gasteiger partial charge in [-0.2, -0.15) is 0 Å². The van der Waals surface area contributed by atoms with E-state index >= 15 is 0 Å². The maximum Gasteiger partial charge on any atom is 0.258 e. The van der Waals surface area contributed by atoms with Crippen molar-refractivity contribution in [2.45, 2.75) is 5.75 Å². The summed E-state index contributed by atoms with van der Waals surface area (Å²) in [4.78, 5) is 28.5. The average molecular weight is 407 g/mol. The molecule has 0 aliphatic rings. The highest BCUT2D eigenvalue weighted by molar-refractivity contribution is 7.89. The van der Waals surface area contributed by atoms with E-state index in [1.807, 2.05) is 0 Å². The quantitative estimate of drug-likeness (QED) is 0.525. The molecule has 4 aromatic rings. The van der Waals surface area contributed by atoms with Crippen LogP contribution in [-0.2, 0) is 15.6 Å². The van der Waals surface area contributed by atoms with Crippen molar-refractivity contribution < 1.29 is 13.2 Å². The van der Waals surface area contributed by atoms with Crippen LogP contribution in [0.2, 0.25) is 0 Å². The number of hydrogen-bond donors (Lipinski definition) is 2. The number of fused-ring (bicyclic) bond motifs is 1. The number of nitrogens with one attached hydrogen (secondary N) is 2. The minimum absolute atomic E-state index is 0.0202. The van der Waals surface area contributed by atoms with Gasteiger partial charge in [0.25, 0.3) is 5.91 Å². The van der Waals surface area contributed by atoms with Crippen molar-refractivity contribution in [2.24, 2.45) is 0 Å². The van der Waals surface area contributed by atoms with E-state index in [2.05, 4.69) is 25.3 Å². The number of H-pyrrole nitrogens is 1. The van der Waals surface area contributed by atoms with Crippen molar-refractivity contribution in [1.82, 2.24) is 19.9 Å². The first-order chi connectivity index (χ1) is 13.9. The van der Waals surface area contributed by atoms with Crippen LogP contribution < -0.4 is 5.32 Å². The van der Waals surface area contributed by atoms with Gasteiger partial charge in [0, 0.05) is 24.2 Å². The minimum atomic E-state index is -3.10. The number of sulfone groups is 1. The molecule has 2 N–H and O–H groups in total. The third-order valence-electron chi connectivity index (χ3n) is 4.21. The van der Waals surface area contributed by atoms with Gasteiger partial charge in [0.15, 0.2) is 15.5 Å². The molecule has 9 heteroatoms. The van der Waals surface area contributed by atoms with E-state index < -0.39 is 9.84 Å². The van der Waals surface area contributed by atoms with Gasteiger partial charge >= 0.3 is 0 Å². The maximum absolute atomic E-state index is 12.7. The van der Waals surface area contributed by atoms with E-state index in [4.69, 9.17) is 0 Å². The number of imidazole rings is 1. The molecule has 0 aliphatic heterocycles. The molecule has 146 valence electrons. The number of carbonyl (C=O) groups excluding carboxylic acids is 1. The maximum atomic E-state index is 12.7. The predicted molar refractivity (Wildman–Crippen MR) is 110 cm³/mol. The number of anilines is 1. The Labute approximate surface area is 167 Å². The highest BCUT2D eigenvalue weighted by Gasteiger charge is 2.15. The van der Waals surface area contributed by atoms with Gasteiger partial charge in [-0.1, -0.05) is 24.3 Å². The lowest BCUT2D eigenvalue weighted by atomic mass is 10.1. The molecule has 0 saturated heterocycles. The molecule has 3 aromatic heterocycles. The van der Waals surface area contributed by atoms with Crippen LogP contribution in [-0.4, -0.2) is 40.5 Å². The second-order valence-corrected chi connectivity index (χ2v) is 8.75. The number of rotatable bonds is 5. The number of aromatic nitrogens is 4. The number of hydrogen-bond acceptors (Lipinski definition) is 6. The molecule has 1 aromatic carbocycles. The summed E-state index contributed by atoms with van der Waals surface area (Å²) >= 11 is 0. The van der Waals surface area contributed by atoms with E-state index in [9.17, 15) is 13.2 Å². The first-order valence-electron chi connectivity index (χ1n) is 8.72. The predicted octanol–water partition coefficient (Wildman–Crippen LogP) is 2.82. The molecule has 0 spiro atoms. The van der Waals surface area contributed by atoms with Crippen molar-refractivity contribution in [1.29, 1.82) is 0 Å². The highest BCUT2D eigenvalue weighted by Crippen LogP contribution is 2.23. The van der Waals surface area contributed by atoms with E-state index in [1.54, 1.807) is 54.9 Å². The van der Waals surface area contributed by atoms with Gasteiger partial charge in [0.1, 0.15) is 5.82 Å². The fourth-order valence-corrected chi connectivity index (χ4v) is 3.73. The first kappa shape index (κ1) is 18.8. The third-order valence-corrected chi connectivity index (χ3v) is 5.07. The molecule has 8 nitrogen and oxygen atoms in total. The van der Waals surface area contributed by atoms with Crippen LogP contribution in [0.3, 0.4) is 0 Å². The summed E-state index contributed by atoms with van der Waals surface area (Å²) in [5, 5.41) is 2.79. The zero-order valence-electron chi connectivity index (χ0n) is 15.5. The van der Waals surface area contributed by atoms with Crippen molar-refractivity contribution >= 4 is 32.6 Å². The van der Waals surface area contributed by atoms with Crippen LogP contribution in [0.4, 0.5) is 5.69 Å². The molecule has 0 bridgehead atoms. The number of carbonyl (C=O) groups is 1. The molecule has 29 heavy (non-hydrogen) atoms. The molecule has 0 atom stereocenters. The van der Waals surface area contributed by atoms with Gasteiger partial charge in [-0.25, -0.2) is 18.4 Å². The standard InChI is InChI=1S/C20H17N5O3S/c1-29(27,28)12-13-4-6-14(7-5-13)18-24-17-16(8-10-22-19(17)25-18)20(26)23-15-3-2-9-21-11-15/h2-11H,12H2,1H3,(H,23,26)(H,22,24,25). The Balaban J connectivity index is 1.65. The summed E-state index contributed by atoms with van der Waals surface area (Å²) in [5.74, 6) is 0.220. The van der Waals surface area contributed by atoms with Gasteiger partial charge in [0.2, 0.25) is 0 Å². The highest BCUT2D eigenvalue weighted by atomic mass is 32.2. The van der Waals surface area contributed by atoms with Crippen LogP contribution in [0.5, 0.6) is 0 Å². The number of amides is 1. The minimum Gasteiger partial charge on any atom is -0.336 e. The topological polar surface area (TPSA) is 118 Å². The van der Waals surface area contributed by atoms with Gasteiger partial charge < -0.3 is 10.3 Å². The van der Waals surface area contributed by atoms with E-state index in [1.165, 1.54) is 12.5 Å². The van der Waals surface area contributed by atoms with Crippen LogP contribution in [0, 0.1) is 0 Å². The van der Waals surface area contributed by atoms with Crippen LogP contribution in [0.25, 0.3) is 22.6 Å². The second-order valence-electron chi connectivity index (χ2n) is 6.61. The van der Waals surface area contributed by atoms with Crippen molar-refractivity contribution in [3.8, 4) is 11.4 Å². The molecule has 4 rings (SSSR count).